The Morgan fingerprint density at radius 2 is 1.48 bits per heavy atom. The van der Waals surface area contributed by atoms with Gasteiger partial charge in [0.05, 0.1) is 25.3 Å². The van der Waals surface area contributed by atoms with E-state index >= 15 is 0 Å². The molecule has 0 aromatic heterocycles. The van der Waals surface area contributed by atoms with Crippen molar-refractivity contribution in [2.24, 2.45) is 0 Å². The third kappa shape index (κ3) is 8.39. The van der Waals surface area contributed by atoms with Gasteiger partial charge in [0, 0.05) is 19.2 Å². The minimum atomic E-state index is -0.920. The predicted octanol–water partition coefficient (Wildman–Crippen LogP) is 6.77. The van der Waals surface area contributed by atoms with Gasteiger partial charge in [-0.2, -0.15) is 0 Å². The van der Waals surface area contributed by atoms with Crippen molar-refractivity contribution in [1.82, 2.24) is 5.32 Å². The third-order valence-electron chi connectivity index (χ3n) is 7.29. The van der Waals surface area contributed by atoms with Gasteiger partial charge in [0.1, 0.15) is 5.75 Å². The first-order valence-electron chi connectivity index (χ1n) is 14.5. The van der Waals surface area contributed by atoms with Crippen molar-refractivity contribution >= 4 is 22.5 Å². The van der Waals surface area contributed by atoms with Gasteiger partial charge in [0.2, 0.25) is 0 Å². The molecule has 5 aromatic rings. The summed E-state index contributed by atoms with van der Waals surface area (Å²) in [6.07, 6.45) is 0.664. The van der Waals surface area contributed by atoms with E-state index in [0.717, 1.165) is 38.6 Å². The number of hydrogen-bond donors (Lipinski definition) is 2. The van der Waals surface area contributed by atoms with E-state index in [9.17, 15) is 14.7 Å². The molecule has 224 valence electrons. The summed E-state index contributed by atoms with van der Waals surface area (Å²) in [6, 6.07) is 35.0. The number of ether oxygens (including phenoxy) is 3. The Hall–Kier alpha value is -4.82. The van der Waals surface area contributed by atoms with Gasteiger partial charge in [0.25, 0.3) is 0 Å². The van der Waals surface area contributed by atoms with Crippen LogP contribution in [0.1, 0.15) is 37.4 Å². The van der Waals surface area contributed by atoms with Crippen LogP contribution >= 0.6 is 0 Å². The first kappa shape index (κ1) is 30.6. The molecule has 0 aliphatic rings. The molecule has 0 radical (unpaired) electrons. The quantitative estimate of drug-likeness (QED) is 0.0791. The maximum absolute atomic E-state index is 12.9. The van der Waals surface area contributed by atoms with Gasteiger partial charge in [0.15, 0.2) is 12.6 Å². The van der Waals surface area contributed by atoms with Crippen LogP contribution in [-0.4, -0.2) is 50.5 Å². The van der Waals surface area contributed by atoms with Gasteiger partial charge >= 0.3 is 5.97 Å². The molecule has 0 bridgehead atoms. The first-order valence-corrected chi connectivity index (χ1v) is 14.5. The number of ketones is 1. The predicted molar refractivity (Wildman–Crippen MR) is 171 cm³/mol. The summed E-state index contributed by atoms with van der Waals surface area (Å²) in [6.45, 7) is 1.94. The summed E-state index contributed by atoms with van der Waals surface area (Å²) in [5.74, 6) is -0.187. The average Bonchev–Trinajstić information content (AvgIpc) is 3.05. The molecule has 0 atom stereocenters. The van der Waals surface area contributed by atoms with E-state index in [2.05, 4.69) is 41.7 Å². The van der Waals surface area contributed by atoms with Crippen LogP contribution in [0.25, 0.3) is 21.9 Å². The molecule has 0 amide bonds. The summed E-state index contributed by atoms with van der Waals surface area (Å²) in [4.78, 5) is 24.2. The maximum atomic E-state index is 12.9. The summed E-state index contributed by atoms with van der Waals surface area (Å²) in [5.41, 5.74) is 6.29. The van der Waals surface area contributed by atoms with E-state index in [4.69, 9.17) is 14.2 Å². The highest BCUT2D eigenvalue weighted by atomic mass is 16.7. The molecule has 0 saturated carbocycles. The van der Waals surface area contributed by atoms with E-state index in [1.54, 1.807) is 25.3 Å². The van der Waals surface area contributed by atoms with Crippen LogP contribution < -0.4 is 10.1 Å². The molecule has 0 spiro atoms. The van der Waals surface area contributed by atoms with Crippen LogP contribution in [0.2, 0.25) is 0 Å². The van der Waals surface area contributed by atoms with Crippen molar-refractivity contribution < 1.29 is 28.9 Å². The molecule has 2 N–H and O–H groups in total. The van der Waals surface area contributed by atoms with Crippen molar-refractivity contribution in [2.75, 3.05) is 33.7 Å². The topological polar surface area (TPSA) is 94.1 Å². The zero-order chi connectivity index (χ0) is 30.7. The minimum Gasteiger partial charge on any atom is -0.478 e. The molecule has 7 nitrogen and oxygen atoms in total. The number of benzene rings is 5. The average molecular weight is 590 g/mol. The number of aromatic carboxylic acids is 1. The zero-order valence-corrected chi connectivity index (χ0v) is 24.6. The maximum Gasteiger partial charge on any atom is 0.335 e. The molecular weight excluding hydrogens is 554 g/mol. The lowest BCUT2D eigenvalue weighted by Gasteiger charge is -2.10. The first-order chi connectivity index (χ1) is 21.5. The van der Waals surface area contributed by atoms with E-state index in [1.165, 1.54) is 0 Å². The second kappa shape index (κ2) is 15.1. The Kier molecular flexibility index (Phi) is 10.5. The Morgan fingerprint density at radius 1 is 0.705 bits per heavy atom. The summed E-state index contributed by atoms with van der Waals surface area (Å²) in [5, 5.41) is 14.5. The SMILES string of the molecule is COCCOCOc1ccc2cc(C(=O)CNCc3cccc(-c4ccc(Cc5cccc(C(=O)O)c5)cc4)c3)ccc2c1. The van der Waals surface area contributed by atoms with E-state index in [1.807, 2.05) is 54.6 Å². The van der Waals surface area contributed by atoms with Crippen LogP contribution in [0.5, 0.6) is 5.75 Å². The van der Waals surface area contributed by atoms with Gasteiger partial charge in [-0.3, -0.25) is 4.79 Å². The number of rotatable bonds is 15. The van der Waals surface area contributed by atoms with Gasteiger partial charge in [-0.1, -0.05) is 72.8 Å². The van der Waals surface area contributed by atoms with Gasteiger partial charge in [-0.05, 0) is 81.4 Å². The molecule has 44 heavy (non-hydrogen) atoms. The summed E-state index contributed by atoms with van der Waals surface area (Å²) in [7, 11) is 1.63. The van der Waals surface area contributed by atoms with Crippen LogP contribution in [0.4, 0.5) is 0 Å². The lowest BCUT2D eigenvalue weighted by Crippen LogP contribution is -2.22. The normalized spacial score (nSPS) is 11.0. The fourth-order valence-corrected chi connectivity index (χ4v) is 4.95. The molecule has 5 rings (SSSR count). The lowest BCUT2D eigenvalue weighted by atomic mass is 9.98. The van der Waals surface area contributed by atoms with Crippen molar-refractivity contribution in [1.29, 1.82) is 0 Å². The Morgan fingerprint density at radius 3 is 2.30 bits per heavy atom. The summed E-state index contributed by atoms with van der Waals surface area (Å²) < 4.78 is 15.9. The number of fused-ring (bicyclic) bond motifs is 1. The largest absolute Gasteiger partial charge is 0.478 e. The Labute approximate surface area is 257 Å². The fourth-order valence-electron chi connectivity index (χ4n) is 4.95. The molecule has 0 aliphatic carbocycles. The third-order valence-corrected chi connectivity index (χ3v) is 7.29. The van der Waals surface area contributed by atoms with Crippen molar-refractivity contribution in [3.05, 3.63) is 137 Å². The standard InChI is InChI=1S/C37H35NO6/c1-42-16-17-43-25-44-35-15-14-31-21-33(13-12-32(31)22-35)36(39)24-38-23-28-5-3-6-30(20-28)29-10-8-26(9-11-29)18-27-4-2-7-34(19-27)37(40)41/h2-15,19-22,38H,16-18,23-25H2,1H3,(H,40,41). The molecule has 0 unspecified atom stereocenters. The van der Waals surface area contributed by atoms with Crippen molar-refractivity contribution in [3.8, 4) is 16.9 Å². The smallest absolute Gasteiger partial charge is 0.335 e. The molecule has 7 heteroatoms. The number of carboxylic acid groups (broad SMARTS) is 1. The number of carbonyl (C=O) groups excluding carboxylic acids is 1. The number of hydrogen-bond acceptors (Lipinski definition) is 6. The fraction of sp³-hybridized carbons (Fsp3) is 0.189. The highest BCUT2D eigenvalue weighted by Crippen LogP contribution is 2.24. The molecule has 5 aromatic carbocycles. The molecular formula is C37H35NO6. The number of carboxylic acids is 1. The highest BCUT2D eigenvalue weighted by Gasteiger charge is 2.09. The van der Waals surface area contributed by atoms with Gasteiger partial charge in [-0.25, -0.2) is 4.79 Å². The monoisotopic (exact) mass is 589 g/mol. The zero-order valence-electron chi connectivity index (χ0n) is 24.6. The second-order valence-electron chi connectivity index (χ2n) is 10.5. The van der Waals surface area contributed by atoms with Crippen LogP contribution in [-0.2, 0) is 22.4 Å². The van der Waals surface area contributed by atoms with E-state index in [0.29, 0.717) is 43.1 Å². The van der Waals surface area contributed by atoms with Crippen LogP contribution in [0.3, 0.4) is 0 Å². The lowest BCUT2D eigenvalue weighted by molar-refractivity contribution is -0.00841. The second-order valence-corrected chi connectivity index (χ2v) is 10.5. The molecule has 0 heterocycles. The Balaban J connectivity index is 1.13. The van der Waals surface area contributed by atoms with E-state index < -0.39 is 5.97 Å². The minimum absolute atomic E-state index is 0.0272. The molecule has 0 aliphatic heterocycles. The molecule has 0 fully saturated rings. The van der Waals surface area contributed by atoms with Gasteiger partial charge < -0.3 is 24.6 Å². The van der Waals surface area contributed by atoms with E-state index in [-0.39, 0.29) is 19.1 Å². The van der Waals surface area contributed by atoms with Gasteiger partial charge in [-0.15, -0.1) is 0 Å². The van der Waals surface area contributed by atoms with Crippen molar-refractivity contribution in [2.45, 2.75) is 13.0 Å². The number of methoxy groups -OCH3 is 1. The highest BCUT2D eigenvalue weighted by molar-refractivity contribution is 6.01. The Bertz CT molecular complexity index is 1730. The summed E-state index contributed by atoms with van der Waals surface area (Å²) >= 11 is 0. The van der Waals surface area contributed by atoms with Crippen molar-refractivity contribution in [3.63, 3.8) is 0 Å². The number of Topliss-reactive ketones (excluding diaryl/α,β-unsaturated/α-hetero) is 1. The van der Waals surface area contributed by atoms with Crippen LogP contribution in [0, 0.1) is 0 Å². The molecule has 0 saturated heterocycles. The number of carbonyl (C=O) groups is 2. The number of nitrogens with one attached hydrogen (secondary N) is 1. The van der Waals surface area contributed by atoms with Crippen LogP contribution in [0.15, 0.2) is 109 Å².